The summed E-state index contributed by atoms with van der Waals surface area (Å²) in [6.45, 7) is 1.86. The maximum atomic E-state index is 12.6. The summed E-state index contributed by atoms with van der Waals surface area (Å²) in [4.78, 5) is 16.1. The Bertz CT molecular complexity index is 974. The third kappa shape index (κ3) is 2.85. The molecule has 1 aliphatic heterocycles. The summed E-state index contributed by atoms with van der Waals surface area (Å²) in [5.41, 5.74) is 1.78. The van der Waals surface area contributed by atoms with Gasteiger partial charge in [-0.2, -0.15) is 12.8 Å². The Morgan fingerprint density at radius 1 is 1.08 bits per heavy atom. The number of rotatable bonds is 3. The van der Waals surface area contributed by atoms with E-state index in [1.54, 1.807) is 36.4 Å². The number of hydrogen-bond acceptors (Lipinski definition) is 5. The SMILES string of the molecule is COC(=O)C1=Nc2ccccc2/C1=N\S(=O)(=O)c1ccc(C)cc1. The smallest absolute Gasteiger partial charge is 0.358 e. The molecule has 2 aromatic rings. The Morgan fingerprint density at radius 3 is 2.42 bits per heavy atom. The van der Waals surface area contributed by atoms with E-state index in [4.69, 9.17) is 0 Å². The van der Waals surface area contributed by atoms with E-state index < -0.39 is 16.0 Å². The van der Waals surface area contributed by atoms with Gasteiger partial charge in [0.1, 0.15) is 5.71 Å². The molecule has 0 N–H and O–H groups in total. The zero-order valence-corrected chi connectivity index (χ0v) is 13.9. The maximum Gasteiger partial charge on any atom is 0.358 e. The van der Waals surface area contributed by atoms with Gasteiger partial charge in [0.25, 0.3) is 10.0 Å². The third-order valence-corrected chi connectivity index (χ3v) is 4.82. The van der Waals surface area contributed by atoms with E-state index in [0.29, 0.717) is 11.3 Å². The second-order valence-electron chi connectivity index (χ2n) is 5.20. The van der Waals surface area contributed by atoms with Crippen molar-refractivity contribution in [2.45, 2.75) is 11.8 Å². The van der Waals surface area contributed by atoms with Crippen LogP contribution in [0.3, 0.4) is 0 Å². The van der Waals surface area contributed by atoms with Crippen LogP contribution < -0.4 is 0 Å². The molecule has 1 aliphatic rings. The van der Waals surface area contributed by atoms with Crippen molar-refractivity contribution in [2.75, 3.05) is 7.11 Å². The fourth-order valence-corrected chi connectivity index (χ4v) is 3.30. The number of fused-ring (bicyclic) bond motifs is 1. The van der Waals surface area contributed by atoms with E-state index in [0.717, 1.165) is 5.56 Å². The molecule has 7 heteroatoms. The number of carbonyl (C=O) groups excluding carboxylic acids is 1. The first kappa shape index (κ1) is 16.1. The third-order valence-electron chi connectivity index (χ3n) is 3.52. The normalized spacial score (nSPS) is 15.1. The van der Waals surface area contributed by atoms with Crippen LogP contribution in [0.4, 0.5) is 5.69 Å². The van der Waals surface area contributed by atoms with Gasteiger partial charge in [0.15, 0.2) is 5.71 Å². The van der Waals surface area contributed by atoms with E-state index in [2.05, 4.69) is 14.1 Å². The molecule has 6 nitrogen and oxygen atoms in total. The number of hydrogen-bond donors (Lipinski definition) is 0. The van der Waals surface area contributed by atoms with E-state index in [9.17, 15) is 13.2 Å². The lowest BCUT2D eigenvalue weighted by molar-refractivity contribution is -0.132. The van der Waals surface area contributed by atoms with Crippen molar-refractivity contribution in [3.8, 4) is 0 Å². The number of esters is 1. The van der Waals surface area contributed by atoms with Crippen molar-refractivity contribution < 1.29 is 17.9 Å². The van der Waals surface area contributed by atoms with Crippen LogP contribution in [0.25, 0.3) is 0 Å². The highest BCUT2D eigenvalue weighted by atomic mass is 32.2. The van der Waals surface area contributed by atoms with Crippen molar-refractivity contribution in [1.82, 2.24) is 0 Å². The van der Waals surface area contributed by atoms with Crippen LogP contribution >= 0.6 is 0 Å². The first-order chi connectivity index (χ1) is 11.4. The number of sulfonamides is 1. The molecular weight excluding hydrogens is 328 g/mol. The van der Waals surface area contributed by atoms with Crippen LogP contribution in [0.15, 0.2) is 62.8 Å². The zero-order valence-electron chi connectivity index (χ0n) is 13.1. The van der Waals surface area contributed by atoms with Gasteiger partial charge in [-0.15, -0.1) is 0 Å². The van der Waals surface area contributed by atoms with Gasteiger partial charge in [-0.05, 0) is 25.1 Å². The van der Waals surface area contributed by atoms with Gasteiger partial charge in [-0.3, -0.25) is 0 Å². The van der Waals surface area contributed by atoms with E-state index in [1.165, 1.54) is 19.2 Å². The highest BCUT2D eigenvalue weighted by Crippen LogP contribution is 2.28. The minimum absolute atomic E-state index is 0.00183. The van der Waals surface area contributed by atoms with Gasteiger partial charge in [0.05, 0.1) is 17.7 Å². The Morgan fingerprint density at radius 2 is 1.75 bits per heavy atom. The predicted molar refractivity (Wildman–Crippen MR) is 90.5 cm³/mol. The molecule has 1 heterocycles. The van der Waals surface area contributed by atoms with Gasteiger partial charge < -0.3 is 4.74 Å². The van der Waals surface area contributed by atoms with Gasteiger partial charge in [-0.25, -0.2) is 9.79 Å². The van der Waals surface area contributed by atoms with E-state index in [1.807, 2.05) is 6.92 Å². The van der Waals surface area contributed by atoms with Crippen LogP contribution in [0, 0.1) is 6.92 Å². The number of ether oxygens (including phenoxy) is 1. The van der Waals surface area contributed by atoms with Crippen molar-refractivity contribution in [1.29, 1.82) is 0 Å². The monoisotopic (exact) mass is 342 g/mol. The summed E-state index contributed by atoms with van der Waals surface area (Å²) in [7, 11) is -2.77. The summed E-state index contributed by atoms with van der Waals surface area (Å²) in [6.07, 6.45) is 0. The fourth-order valence-electron chi connectivity index (χ4n) is 2.29. The molecule has 0 radical (unpaired) electrons. The van der Waals surface area contributed by atoms with E-state index in [-0.39, 0.29) is 16.3 Å². The highest BCUT2D eigenvalue weighted by molar-refractivity contribution is 7.90. The van der Waals surface area contributed by atoms with Crippen molar-refractivity contribution in [3.63, 3.8) is 0 Å². The van der Waals surface area contributed by atoms with Crippen molar-refractivity contribution >= 4 is 33.1 Å². The highest BCUT2D eigenvalue weighted by Gasteiger charge is 2.30. The molecule has 0 bridgehead atoms. The zero-order chi connectivity index (χ0) is 17.3. The van der Waals surface area contributed by atoms with Gasteiger partial charge >= 0.3 is 5.97 Å². The molecule has 0 atom stereocenters. The minimum Gasteiger partial charge on any atom is -0.464 e. The van der Waals surface area contributed by atoms with Gasteiger partial charge in [-0.1, -0.05) is 35.9 Å². The summed E-state index contributed by atoms with van der Waals surface area (Å²) >= 11 is 0. The molecule has 2 aromatic carbocycles. The summed E-state index contributed by atoms with van der Waals surface area (Å²) < 4.78 is 33.7. The van der Waals surface area contributed by atoms with E-state index >= 15 is 0 Å². The summed E-state index contributed by atoms with van der Waals surface area (Å²) in [5, 5.41) is 0. The molecule has 0 aliphatic carbocycles. The molecule has 0 spiro atoms. The lowest BCUT2D eigenvalue weighted by Gasteiger charge is -2.04. The first-order valence-corrected chi connectivity index (χ1v) is 8.55. The summed E-state index contributed by atoms with van der Waals surface area (Å²) in [6, 6.07) is 13.1. The Hall–Kier alpha value is -2.80. The van der Waals surface area contributed by atoms with Crippen LogP contribution in [-0.4, -0.2) is 32.9 Å². The number of para-hydroxylation sites is 1. The number of aryl methyl sites for hydroxylation is 1. The number of aliphatic imine (C=N–C) groups is 1. The molecule has 0 amide bonds. The quantitative estimate of drug-likeness (QED) is 0.802. The summed E-state index contributed by atoms with van der Waals surface area (Å²) in [5.74, 6) is -0.732. The lowest BCUT2D eigenvalue weighted by atomic mass is 10.1. The average molecular weight is 342 g/mol. The second kappa shape index (κ2) is 6.01. The first-order valence-electron chi connectivity index (χ1n) is 7.11. The van der Waals surface area contributed by atoms with Crippen LogP contribution in [0.2, 0.25) is 0 Å². The molecule has 0 fully saturated rings. The Balaban J connectivity index is 2.14. The van der Waals surface area contributed by atoms with Crippen LogP contribution in [-0.2, 0) is 19.6 Å². The predicted octanol–water partition coefficient (Wildman–Crippen LogP) is 2.43. The van der Waals surface area contributed by atoms with Crippen molar-refractivity contribution in [3.05, 3.63) is 59.7 Å². The molecule has 0 saturated heterocycles. The van der Waals surface area contributed by atoms with Crippen LogP contribution in [0.5, 0.6) is 0 Å². The number of carbonyl (C=O) groups is 1. The minimum atomic E-state index is -3.98. The molecular formula is C17H14N2O4S. The Kier molecular flexibility index (Phi) is 4.02. The van der Waals surface area contributed by atoms with Crippen molar-refractivity contribution in [2.24, 2.45) is 9.39 Å². The Labute approximate surface area is 139 Å². The topological polar surface area (TPSA) is 85.2 Å². The molecule has 0 unspecified atom stereocenters. The van der Waals surface area contributed by atoms with Gasteiger partial charge in [0, 0.05) is 5.56 Å². The number of methoxy groups -OCH3 is 1. The second-order valence-corrected chi connectivity index (χ2v) is 6.80. The molecule has 3 rings (SSSR count). The fraction of sp³-hybridized carbons (Fsp3) is 0.118. The molecule has 122 valence electrons. The standard InChI is InChI=1S/C17H14N2O4S/c1-11-7-9-12(10-8-11)24(21,22)19-15-13-5-3-4-6-14(13)18-16(15)17(20)23-2/h3-10H,1-2H3/b19-15+. The average Bonchev–Trinajstić information content (AvgIpc) is 2.93. The number of benzene rings is 2. The maximum absolute atomic E-state index is 12.6. The molecule has 0 saturated carbocycles. The van der Waals surface area contributed by atoms with Gasteiger partial charge in [0.2, 0.25) is 0 Å². The molecule has 24 heavy (non-hydrogen) atoms. The lowest BCUT2D eigenvalue weighted by Crippen LogP contribution is -2.24. The molecule has 0 aromatic heterocycles. The number of nitrogens with zero attached hydrogens (tertiary/aromatic N) is 2. The van der Waals surface area contributed by atoms with Crippen LogP contribution in [0.1, 0.15) is 11.1 Å². The largest absolute Gasteiger partial charge is 0.464 e.